The van der Waals surface area contributed by atoms with Crippen molar-refractivity contribution >= 4 is 0 Å². The van der Waals surface area contributed by atoms with Crippen molar-refractivity contribution in [2.75, 3.05) is 0 Å². The zero-order valence-corrected chi connectivity index (χ0v) is 9.24. The number of hydrogen-bond acceptors (Lipinski definition) is 2. The van der Waals surface area contributed by atoms with Crippen molar-refractivity contribution in [3.63, 3.8) is 0 Å². The highest BCUT2D eigenvalue weighted by Gasteiger charge is 2.10. The van der Waals surface area contributed by atoms with Crippen molar-refractivity contribution in [3.8, 4) is 5.75 Å². The third-order valence-corrected chi connectivity index (χ3v) is 2.41. The molecule has 0 unspecified atom stereocenters. The van der Waals surface area contributed by atoms with Gasteiger partial charge in [-0.05, 0) is 35.1 Å². The highest BCUT2D eigenvalue weighted by Crippen LogP contribution is 2.29. The topological polar surface area (TPSA) is 29.5 Å². The third-order valence-electron chi connectivity index (χ3n) is 2.41. The van der Waals surface area contributed by atoms with Crippen molar-refractivity contribution < 1.29 is 10.1 Å². The molecule has 0 saturated heterocycles. The number of rotatable bonds is 3. The van der Waals surface area contributed by atoms with Crippen LogP contribution in [0.2, 0.25) is 0 Å². The molecule has 0 bridgehead atoms. The van der Waals surface area contributed by atoms with Gasteiger partial charge in [-0.2, -0.15) is 0 Å². The zero-order chi connectivity index (χ0) is 10.7. The second-order valence-electron chi connectivity index (χ2n) is 4.19. The fourth-order valence-electron chi connectivity index (χ4n) is 1.64. The van der Waals surface area contributed by atoms with Crippen molar-refractivity contribution in [2.45, 2.75) is 39.5 Å². The normalized spacial score (nSPS) is 11.1. The molecule has 0 aliphatic heterocycles. The first-order valence-corrected chi connectivity index (χ1v) is 5.01. The summed E-state index contributed by atoms with van der Waals surface area (Å²) in [6.07, 6.45) is 0. The summed E-state index contributed by atoms with van der Waals surface area (Å²) in [5, 5.41) is 8.57. The van der Waals surface area contributed by atoms with Crippen LogP contribution in [0.5, 0.6) is 5.75 Å². The van der Waals surface area contributed by atoms with Crippen molar-refractivity contribution in [2.24, 2.45) is 0 Å². The first-order valence-electron chi connectivity index (χ1n) is 5.01. The maximum atomic E-state index is 8.57. The van der Waals surface area contributed by atoms with Crippen molar-refractivity contribution in [1.29, 1.82) is 0 Å². The minimum absolute atomic E-state index is 0.447. The molecule has 0 amide bonds. The summed E-state index contributed by atoms with van der Waals surface area (Å²) < 4.78 is 0. The predicted octanol–water partition coefficient (Wildman–Crippen LogP) is 3.79. The zero-order valence-electron chi connectivity index (χ0n) is 9.24. The average Bonchev–Trinajstić information content (AvgIpc) is 2.16. The van der Waals surface area contributed by atoms with E-state index >= 15 is 0 Å². The minimum Gasteiger partial charge on any atom is -0.340 e. The molecule has 0 saturated carbocycles. The highest BCUT2D eigenvalue weighted by atomic mass is 17.1. The Morgan fingerprint density at radius 3 is 2.00 bits per heavy atom. The van der Waals surface area contributed by atoms with Gasteiger partial charge in [0.1, 0.15) is 0 Å². The molecule has 0 fully saturated rings. The van der Waals surface area contributed by atoms with Gasteiger partial charge in [0.15, 0.2) is 5.75 Å². The summed E-state index contributed by atoms with van der Waals surface area (Å²) in [5.41, 5.74) is 2.56. The predicted molar refractivity (Wildman–Crippen MR) is 57.9 cm³/mol. The van der Waals surface area contributed by atoms with E-state index in [1.54, 1.807) is 6.07 Å². The third kappa shape index (κ3) is 2.26. The Hall–Kier alpha value is -1.02. The number of hydrogen-bond donors (Lipinski definition) is 1. The molecule has 2 nitrogen and oxygen atoms in total. The average molecular weight is 194 g/mol. The monoisotopic (exact) mass is 194 g/mol. The standard InChI is InChI=1S/C12H18O2/c1-8(2)11-6-5-10(14-13)7-12(11)9(3)4/h5-9,13H,1-4H3. The van der Waals surface area contributed by atoms with Crippen LogP contribution in [0.1, 0.15) is 50.7 Å². The number of benzene rings is 1. The van der Waals surface area contributed by atoms with Crippen LogP contribution >= 0.6 is 0 Å². The van der Waals surface area contributed by atoms with Crippen molar-refractivity contribution in [1.82, 2.24) is 0 Å². The van der Waals surface area contributed by atoms with Gasteiger partial charge < -0.3 is 4.89 Å². The molecule has 1 N–H and O–H groups in total. The van der Waals surface area contributed by atoms with E-state index in [1.165, 1.54) is 11.1 Å². The Bertz CT molecular complexity index is 303. The van der Waals surface area contributed by atoms with E-state index in [0.29, 0.717) is 17.6 Å². The summed E-state index contributed by atoms with van der Waals surface area (Å²) in [6, 6.07) is 5.72. The van der Waals surface area contributed by atoms with Crippen LogP contribution in [0, 0.1) is 0 Å². The van der Waals surface area contributed by atoms with Crippen LogP contribution in [-0.2, 0) is 0 Å². The first-order chi connectivity index (χ1) is 6.56. The Labute approximate surface area is 85.5 Å². The van der Waals surface area contributed by atoms with E-state index in [9.17, 15) is 0 Å². The van der Waals surface area contributed by atoms with Crippen LogP contribution in [-0.4, -0.2) is 5.26 Å². The minimum atomic E-state index is 0.447. The van der Waals surface area contributed by atoms with Gasteiger partial charge in [0.05, 0.1) is 0 Å². The van der Waals surface area contributed by atoms with Gasteiger partial charge >= 0.3 is 0 Å². The molecule has 14 heavy (non-hydrogen) atoms. The Balaban J connectivity index is 3.17. The molecular weight excluding hydrogens is 176 g/mol. The molecule has 0 aliphatic carbocycles. The summed E-state index contributed by atoms with van der Waals surface area (Å²) >= 11 is 0. The second-order valence-corrected chi connectivity index (χ2v) is 4.19. The van der Waals surface area contributed by atoms with Crippen LogP contribution in [0.4, 0.5) is 0 Å². The maximum absolute atomic E-state index is 8.57. The van der Waals surface area contributed by atoms with E-state index < -0.39 is 0 Å². The quantitative estimate of drug-likeness (QED) is 0.586. The van der Waals surface area contributed by atoms with Gasteiger partial charge in [0.2, 0.25) is 0 Å². The molecule has 78 valence electrons. The van der Waals surface area contributed by atoms with Crippen LogP contribution < -0.4 is 4.89 Å². The molecule has 0 atom stereocenters. The molecule has 1 rings (SSSR count). The molecular formula is C12H18O2. The largest absolute Gasteiger partial charge is 0.340 e. The summed E-state index contributed by atoms with van der Waals surface area (Å²) in [4.78, 5) is 4.24. The van der Waals surface area contributed by atoms with E-state index in [4.69, 9.17) is 5.26 Å². The Kier molecular flexibility index (Phi) is 3.53. The summed E-state index contributed by atoms with van der Waals surface area (Å²) in [7, 11) is 0. The molecule has 0 aliphatic rings. The molecule has 2 heteroatoms. The lowest BCUT2D eigenvalue weighted by Gasteiger charge is -2.16. The second kappa shape index (κ2) is 4.47. The first kappa shape index (κ1) is 11.1. The molecule has 0 radical (unpaired) electrons. The molecule has 0 heterocycles. The molecule has 1 aromatic carbocycles. The molecule has 1 aromatic rings. The van der Waals surface area contributed by atoms with Gasteiger partial charge in [-0.15, -0.1) is 0 Å². The van der Waals surface area contributed by atoms with Gasteiger partial charge in [-0.3, -0.25) is 0 Å². The smallest absolute Gasteiger partial charge is 0.165 e. The van der Waals surface area contributed by atoms with E-state index in [0.717, 1.165) is 0 Å². The Morgan fingerprint density at radius 1 is 1.00 bits per heavy atom. The lowest BCUT2D eigenvalue weighted by atomic mass is 9.90. The fourth-order valence-corrected chi connectivity index (χ4v) is 1.64. The van der Waals surface area contributed by atoms with E-state index in [-0.39, 0.29) is 0 Å². The van der Waals surface area contributed by atoms with Crippen LogP contribution in [0.25, 0.3) is 0 Å². The summed E-state index contributed by atoms with van der Waals surface area (Å²) in [6.45, 7) is 8.62. The highest BCUT2D eigenvalue weighted by molar-refractivity contribution is 5.38. The SMILES string of the molecule is CC(C)c1ccc(OO)cc1C(C)C. The van der Waals surface area contributed by atoms with Gasteiger partial charge in [0.25, 0.3) is 0 Å². The van der Waals surface area contributed by atoms with Crippen LogP contribution in [0.15, 0.2) is 18.2 Å². The van der Waals surface area contributed by atoms with E-state index in [1.807, 2.05) is 12.1 Å². The van der Waals surface area contributed by atoms with E-state index in [2.05, 4.69) is 32.6 Å². The maximum Gasteiger partial charge on any atom is 0.165 e. The van der Waals surface area contributed by atoms with Gasteiger partial charge in [-0.25, -0.2) is 5.26 Å². The summed E-state index contributed by atoms with van der Waals surface area (Å²) in [5.74, 6) is 1.46. The van der Waals surface area contributed by atoms with Gasteiger partial charge in [0, 0.05) is 0 Å². The lowest BCUT2D eigenvalue weighted by molar-refractivity contribution is -0.137. The van der Waals surface area contributed by atoms with Crippen molar-refractivity contribution in [3.05, 3.63) is 29.3 Å². The molecule has 0 spiro atoms. The Morgan fingerprint density at radius 2 is 1.57 bits per heavy atom. The lowest BCUT2D eigenvalue weighted by Crippen LogP contribution is -1.99. The van der Waals surface area contributed by atoms with Gasteiger partial charge in [-0.1, -0.05) is 33.8 Å². The van der Waals surface area contributed by atoms with Crippen LogP contribution in [0.3, 0.4) is 0 Å². The molecule has 0 aromatic heterocycles. The fraction of sp³-hybridized carbons (Fsp3) is 0.500.